The van der Waals surface area contributed by atoms with Gasteiger partial charge in [-0.3, -0.25) is 0 Å². The summed E-state index contributed by atoms with van der Waals surface area (Å²) < 4.78 is 40.4. The van der Waals surface area contributed by atoms with E-state index in [4.69, 9.17) is 5.73 Å². The molecule has 1 heterocycles. The van der Waals surface area contributed by atoms with Crippen molar-refractivity contribution < 1.29 is 13.2 Å². The van der Waals surface area contributed by atoms with Crippen molar-refractivity contribution in [2.45, 2.75) is 19.1 Å². The summed E-state index contributed by atoms with van der Waals surface area (Å²) in [5.74, 6) is 0. The standard InChI is InChI=1S/C13H15F3N4/c14-13(15,16)11-8-10(17)2-3-12(11)19-4-1-6-20-7-5-18-9-20/h2-3,5,7-9,19H,1,4,6,17H2. The Hall–Kier alpha value is -2.18. The fourth-order valence-electron chi connectivity index (χ4n) is 1.85. The maximum Gasteiger partial charge on any atom is 0.418 e. The molecule has 0 spiro atoms. The van der Waals surface area contributed by atoms with E-state index >= 15 is 0 Å². The van der Waals surface area contributed by atoms with Crippen LogP contribution in [0.15, 0.2) is 36.9 Å². The number of aryl methyl sites for hydroxylation is 1. The second-order valence-electron chi connectivity index (χ2n) is 4.38. The van der Waals surface area contributed by atoms with Crippen LogP contribution >= 0.6 is 0 Å². The molecule has 3 N–H and O–H groups in total. The van der Waals surface area contributed by atoms with Gasteiger partial charge in [-0.05, 0) is 24.6 Å². The van der Waals surface area contributed by atoms with Gasteiger partial charge >= 0.3 is 6.18 Å². The topological polar surface area (TPSA) is 55.9 Å². The van der Waals surface area contributed by atoms with E-state index in [9.17, 15) is 13.2 Å². The molecule has 0 radical (unpaired) electrons. The first kappa shape index (κ1) is 14.2. The van der Waals surface area contributed by atoms with Crippen molar-refractivity contribution >= 4 is 11.4 Å². The van der Waals surface area contributed by atoms with E-state index in [1.807, 2.05) is 10.8 Å². The van der Waals surface area contributed by atoms with Crippen molar-refractivity contribution in [2.24, 2.45) is 0 Å². The normalized spacial score (nSPS) is 11.6. The van der Waals surface area contributed by atoms with Gasteiger partial charge in [0.15, 0.2) is 0 Å². The van der Waals surface area contributed by atoms with Crippen molar-refractivity contribution in [2.75, 3.05) is 17.6 Å². The zero-order valence-electron chi connectivity index (χ0n) is 10.7. The molecule has 2 rings (SSSR count). The fraction of sp³-hybridized carbons (Fsp3) is 0.308. The average molecular weight is 284 g/mol. The highest BCUT2D eigenvalue weighted by atomic mass is 19.4. The van der Waals surface area contributed by atoms with E-state index in [1.54, 1.807) is 12.5 Å². The number of aromatic nitrogens is 2. The number of nitrogen functional groups attached to an aromatic ring is 1. The number of halogens is 3. The zero-order valence-corrected chi connectivity index (χ0v) is 10.7. The molecule has 20 heavy (non-hydrogen) atoms. The smallest absolute Gasteiger partial charge is 0.399 e. The van der Waals surface area contributed by atoms with Crippen LogP contribution in [-0.4, -0.2) is 16.1 Å². The van der Waals surface area contributed by atoms with Gasteiger partial charge in [0.25, 0.3) is 0 Å². The Labute approximate surface area is 114 Å². The number of hydrogen-bond donors (Lipinski definition) is 2. The Bertz CT molecular complexity index is 549. The predicted molar refractivity (Wildman–Crippen MR) is 71.2 cm³/mol. The van der Waals surface area contributed by atoms with Gasteiger partial charge in [-0.25, -0.2) is 4.98 Å². The Kier molecular flexibility index (Phi) is 4.16. The lowest BCUT2D eigenvalue weighted by atomic mass is 10.1. The molecule has 7 heteroatoms. The molecule has 4 nitrogen and oxygen atoms in total. The monoisotopic (exact) mass is 284 g/mol. The first-order valence-electron chi connectivity index (χ1n) is 6.13. The SMILES string of the molecule is Nc1ccc(NCCCn2ccnc2)c(C(F)(F)F)c1. The molecule has 1 aromatic heterocycles. The number of benzene rings is 1. The summed E-state index contributed by atoms with van der Waals surface area (Å²) in [7, 11) is 0. The van der Waals surface area contributed by atoms with Crippen LogP contribution in [0.3, 0.4) is 0 Å². The lowest BCUT2D eigenvalue weighted by molar-refractivity contribution is -0.136. The minimum atomic E-state index is -4.41. The number of imidazole rings is 1. The third-order valence-corrected chi connectivity index (χ3v) is 2.82. The lowest BCUT2D eigenvalue weighted by Crippen LogP contribution is -2.13. The summed E-state index contributed by atoms with van der Waals surface area (Å²) in [5.41, 5.74) is 4.82. The number of nitrogens with zero attached hydrogens (tertiary/aromatic N) is 2. The van der Waals surface area contributed by atoms with E-state index < -0.39 is 11.7 Å². The molecule has 0 atom stereocenters. The minimum Gasteiger partial charge on any atom is -0.399 e. The molecule has 0 unspecified atom stereocenters. The van der Waals surface area contributed by atoms with Gasteiger partial charge < -0.3 is 15.6 Å². The molecule has 108 valence electrons. The number of anilines is 2. The van der Waals surface area contributed by atoms with Crippen LogP contribution in [-0.2, 0) is 12.7 Å². The molecule has 1 aromatic carbocycles. The van der Waals surface area contributed by atoms with E-state index in [0.717, 1.165) is 6.07 Å². The van der Waals surface area contributed by atoms with Gasteiger partial charge in [-0.2, -0.15) is 13.2 Å². The van der Waals surface area contributed by atoms with E-state index in [0.29, 0.717) is 19.5 Å². The van der Waals surface area contributed by atoms with Gasteiger partial charge in [0.1, 0.15) is 0 Å². The highest BCUT2D eigenvalue weighted by molar-refractivity contribution is 5.59. The summed E-state index contributed by atoms with van der Waals surface area (Å²) in [6.07, 6.45) is 1.42. The van der Waals surface area contributed by atoms with Crippen molar-refractivity contribution in [3.05, 3.63) is 42.5 Å². The van der Waals surface area contributed by atoms with E-state index in [-0.39, 0.29) is 11.4 Å². The summed E-state index contributed by atoms with van der Waals surface area (Å²) in [6.45, 7) is 1.13. The molecule has 0 fully saturated rings. The van der Waals surface area contributed by atoms with Crippen LogP contribution in [0.1, 0.15) is 12.0 Å². The van der Waals surface area contributed by atoms with Gasteiger partial charge in [0.05, 0.1) is 11.9 Å². The number of hydrogen-bond acceptors (Lipinski definition) is 3. The molecule has 0 saturated heterocycles. The number of rotatable bonds is 5. The van der Waals surface area contributed by atoms with E-state index in [1.165, 1.54) is 12.1 Å². The molecule has 0 bridgehead atoms. The Morgan fingerprint density at radius 2 is 2.10 bits per heavy atom. The van der Waals surface area contributed by atoms with Crippen molar-refractivity contribution in [1.29, 1.82) is 0 Å². The van der Waals surface area contributed by atoms with Crippen molar-refractivity contribution in [1.82, 2.24) is 9.55 Å². The van der Waals surface area contributed by atoms with Crippen LogP contribution in [0.2, 0.25) is 0 Å². The van der Waals surface area contributed by atoms with Gasteiger partial charge in [0, 0.05) is 36.9 Å². The largest absolute Gasteiger partial charge is 0.418 e. The molecule has 0 aliphatic rings. The van der Waals surface area contributed by atoms with Gasteiger partial charge in [-0.1, -0.05) is 0 Å². The quantitative estimate of drug-likeness (QED) is 0.655. The Morgan fingerprint density at radius 3 is 2.75 bits per heavy atom. The number of nitrogens with two attached hydrogens (primary N) is 1. The molecular weight excluding hydrogens is 269 g/mol. The summed E-state index contributed by atoms with van der Waals surface area (Å²) >= 11 is 0. The average Bonchev–Trinajstić information content (AvgIpc) is 2.88. The maximum absolute atomic E-state index is 12.9. The maximum atomic E-state index is 12.9. The third-order valence-electron chi connectivity index (χ3n) is 2.82. The van der Waals surface area contributed by atoms with Crippen LogP contribution in [0.4, 0.5) is 24.5 Å². The molecule has 2 aromatic rings. The highest BCUT2D eigenvalue weighted by Crippen LogP contribution is 2.35. The van der Waals surface area contributed by atoms with Gasteiger partial charge in [0.2, 0.25) is 0 Å². The van der Waals surface area contributed by atoms with Crippen LogP contribution in [0.5, 0.6) is 0 Å². The first-order chi connectivity index (χ1) is 9.47. The Balaban J connectivity index is 1.95. The first-order valence-corrected chi connectivity index (χ1v) is 6.13. The summed E-state index contributed by atoms with van der Waals surface area (Å²) in [4.78, 5) is 3.90. The van der Waals surface area contributed by atoms with Crippen LogP contribution < -0.4 is 11.1 Å². The highest BCUT2D eigenvalue weighted by Gasteiger charge is 2.33. The molecular formula is C13H15F3N4. The van der Waals surface area contributed by atoms with Gasteiger partial charge in [-0.15, -0.1) is 0 Å². The molecule has 0 saturated carbocycles. The number of alkyl halides is 3. The minimum absolute atomic E-state index is 0.0531. The lowest BCUT2D eigenvalue weighted by Gasteiger charge is -2.15. The van der Waals surface area contributed by atoms with E-state index in [2.05, 4.69) is 10.3 Å². The summed E-state index contributed by atoms with van der Waals surface area (Å²) in [6, 6.07) is 3.75. The fourth-order valence-corrected chi connectivity index (χ4v) is 1.85. The predicted octanol–water partition coefficient (Wildman–Crippen LogP) is 2.99. The van der Waals surface area contributed by atoms with Crippen molar-refractivity contribution in [3.8, 4) is 0 Å². The van der Waals surface area contributed by atoms with Crippen LogP contribution in [0.25, 0.3) is 0 Å². The van der Waals surface area contributed by atoms with Crippen LogP contribution in [0, 0.1) is 0 Å². The second-order valence-corrected chi connectivity index (χ2v) is 4.38. The Morgan fingerprint density at radius 1 is 1.30 bits per heavy atom. The molecule has 0 aliphatic heterocycles. The third kappa shape index (κ3) is 3.66. The van der Waals surface area contributed by atoms with Crippen molar-refractivity contribution in [3.63, 3.8) is 0 Å². The molecule has 0 aliphatic carbocycles. The second kappa shape index (κ2) is 5.85. The number of nitrogens with one attached hydrogen (secondary N) is 1. The molecule has 0 amide bonds. The summed E-state index contributed by atoms with van der Waals surface area (Å²) in [5, 5.41) is 2.80. The zero-order chi connectivity index (χ0) is 14.6.